The van der Waals surface area contributed by atoms with Gasteiger partial charge in [0.05, 0.1) is 25.5 Å². The number of thioether (sulfide) groups is 1. The summed E-state index contributed by atoms with van der Waals surface area (Å²) in [5, 5.41) is 12.2. The van der Waals surface area contributed by atoms with E-state index < -0.39 is 5.72 Å². The van der Waals surface area contributed by atoms with Gasteiger partial charge in [0.15, 0.2) is 0 Å². The average Bonchev–Trinajstić information content (AvgIpc) is 2.92. The van der Waals surface area contributed by atoms with Gasteiger partial charge >= 0.3 is 5.16 Å². The van der Waals surface area contributed by atoms with Crippen LogP contribution in [0.5, 0.6) is 11.5 Å². The number of hydrogen-bond donors (Lipinski definition) is 1. The van der Waals surface area contributed by atoms with Crippen molar-refractivity contribution >= 4 is 11.8 Å². The van der Waals surface area contributed by atoms with E-state index in [0.717, 1.165) is 23.6 Å². The quantitative estimate of drug-likeness (QED) is 0.511. The Morgan fingerprint density at radius 3 is 2.79 bits per heavy atom. The van der Waals surface area contributed by atoms with Gasteiger partial charge in [-0.05, 0) is 41.4 Å². The Balaban J connectivity index is 0.00000208. The van der Waals surface area contributed by atoms with Crippen molar-refractivity contribution < 1.29 is 36.1 Å². The highest BCUT2D eigenvalue weighted by Crippen LogP contribution is 2.38. The molecule has 1 aromatic heterocycles. The Bertz CT molecular complexity index is 729. The SMILES string of the molecule is CCCc1cnc2[n+](c1)C(O)(c1cc(OC)ccc1OC)CS2.[Br-]. The normalized spacial score (nSPS) is 18.7. The van der Waals surface area contributed by atoms with Crippen molar-refractivity contribution in [3.05, 3.63) is 41.7 Å². The molecule has 0 saturated heterocycles. The van der Waals surface area contributed by atoms with E-state index in [9.17, 15) is 5.11 Å². The molecule has 0 bridgehead atoms. The van der Waals surface area contributed by atoms with Crippen LogP contribution < -0.4 is 31.0 Å². The summed E-state index contributed by atoms with van der Waals surface area (Å²) in [7, 11) is 3.22. The zero-order valence-electron chi connectivity index (χ0n) is 14.0. The van der Waals surface area contributed by atoms with Crippen LogP contribution in [-0.4, -0.2) is 30.1 Å². The van der Waals surface area contributed by atoms with Crippen LogP contribution in [0, 0.1) is 0 Å². The Morgan fingerprint density at radius 1 is 1.33 bits per heavy atom. The molecule has 2 heterocycles. The number of nitrogens with zero attached hydrogens (tertiary/aromatic N) is 2. The van der Waals surface area contributed by atoms with Crippen LogP contribution in [0.4, 0.5) is 0 Å². The topological polar surface area (TPSA) is 55.5 Å². The van der Waals surface area contributed by atoms with E-state index in [1.807, 2.05) is 35.2 Å². The number of aliphatic hydroxyl groups is 1. The van der Waals surface area contributed by atoms with Crippen LogP contribution in [-0.2, 0) is 12.1 Å². The van der Waals surface area contributed by atoms with E-state index in [0.29, 0.717) is 22.8 Å². The third kappa shape index (κ3) is 3.25. The maximum absolute atomic E-state index is 11.4. The van der Waals surface area contributed by atoms with Crippen molar-refractivity contribution in [1.82, 2.24) is 4.98 Å². The smallest absolute Gasteiger partial charge is 0.362 e. The fraction of sp³-hybridized carbons (Fsp3) is 0.412. The second-order valence-corrected chi connectivity index (χ2v) is 6.48. The molecule has 1 unspecified atom stereocenters. The van der Waals surface area contributed by atoms with E-state index in [2.05, 4.69) is 11.9 Å². The van der Waals surface area contributed by atoms with Crippen LogP contribution in [0.15, 0.2) is 35.7 Å². The number of rotatable bonds is 5. The molecule has 0 amide bonds. The number of halogens is 1. The fourth-order valence-corrected chi connectivity index (χ4v) is 3.91. The second-order valence-electron chi connectivity index (χ2n) is 5.54. The number of ether oxygens (including phenoxy) is 2. The largest absolute Gasteiger partial charge is 1.00 e. The zero-order valence-corrected chi connectivity index (χ0v) is 16.4. The van der Waals surface area contributed by atoms with E-state index in [-0.39, 0.29) is 17.0 Å². The molecule has 1 aliphatic rings. The lowest BCUT2D eigenvalue weighted by Crippen LogP contribution is -3.00. The van der Waals surface area contributed by atoms with Gasteiger partial charge in [-0.3, -0.25) is 0 Å². The molecule has 1 aromatic carbocycles. The molecule has 0 fully saturated rings. The number of benzene rings is 1. The van der Waals surface area contributed by atoms with Crippen molar-refractivity contribution in [1.29, 1.82) is 0 Å². The van der Waals surface area contributed by atoms with Gasteiger partial charge < -0.3 is 31.6 Å². The van der Waals surface area contributed by atoms with Crippen molar-refractivity contribution in [3.8, 4) is 11.5 Å². The van der Waals surface area contributed by atoms with Crippen molar-refractivity contribution in [2.45, 2.75) is 30.6 Å². The average molecular weight is 413 g/mol. The van der Waals surface area contributed by atoms with Crippen molar-refractivity contribution in [2.75, 3.05) is 20.0 Å². The highest BCUT2D eigenvalue weighted by Gasteiger charge is 2.48. The molecule has 0 spiro atoms. The molecule has 1 atom stereocenters. The number of aromatic nitrogens is 2. The zero-order chi connectivity index (χ0) is 16.4. The molecule has 130 valence electrons. The maximum Gasteiger partial charge on any atom is 0.362 e. The third-order valence-corrected chi connectivity index (χ3v) is 5.13. The highest BCUT2D eigenvalue weighted by atomic mass is 79.9. The second kappa shape index (κ2) is 7.72. The standard InChI is InChI=1S/C17H21N2O3S.BrH/c1-4-5-12-9-18-16-19(10-12)17(20,11-23-16)14-8-13(21-2)6-7-15(14)22-3;/h6-10,20H,4-5,11H2,1-3H3;1H/q+1;/p-1. The Labute approximate surface area is 156 Å². The summed E-state index contributed by atoms with van der Waals surface area (Å²) >= 11 is 1.53. The first-order valence-corrected chi connectivity index (χ1v) is 8.59. The van der Waals surface area contributed by atoms with Gasteiger partial charge in [0.2, 0.25) is 0 Å². The van der Waals surface area contributed by atoms with Gasteiger partial charge in [-0.1, -0.05) is 13.3 Å². The number of hydrogen-bond acceptors (Lipinski definition) is 5. The predicted molar refractivity (Wildman–Crippen MR) is 88.0 cm³/mol. The highest BCUT2D eigenvalue weighted by molar-refractivity contribution is 7.99. The van der Waals surface area contributed by atoms with Crippen LogP contribution in [0.25, 0.3) is 0 Å². The van der Waals surface area contributed by atoms with Gasteiger partial charge in [0, 0.05) is 5.56 Å². The Kier molecular flexibility index (Phi) is 6.11. The molecule has 3 rings (SSSR count). The first kappa shape index (κ1) is 19.0. The first-order chi connectivity index (χ1) is 11.1. The lowest BCUT2D eigenvalue weighted by atomic mass is 10.0. The molecule has 7 heteroatoms. The molecule has 0 aliphatic carbocycles. The molecular weight excluding hydrogens is 392 g/mol. The van der Waals surface area contributed by atoms with Crippen LogP contribution in [0.2, 0.25) is 0 Å². The summed E-state index contributed by atoms with van der Waals surface area (Å²) in [5.74, 6) is 1.81. The molecule has 1 aliphatic heterocycles. The fourth-order valence-electron chi connectivity index (χ4n) is 2.81. The Hall–Kier alpha value is -1.31. The van der Waals surface area contributed by atoms with Crippen molar-refractivity contribution in [3.63, 3.8) is 0 Å². The molecular formula is C17H21BrN2O3S. The monoisotopic (exact) mass is 412 g/mol. The molecule has 0 saturated carbocycles. The maximum atomic E-state index is 11.4. The van der Waals surface area contributed by atoms with E-state index in [1.54, 1.807) is 14.2 Å². The number of fused-ring (bicyclic) bond motifs is 1. The number of methoxy groups -OCH3 is 2. The van der Waals surface area contributed by atoms with Gasteiger partial charge in [-0.15, -0.1) is 0 Å². The minimum atomic E-state index is -1.20. The first-order valence-electron chi connectivity index (χ1n) is 7.61. The van der Waals surface area contributed by atoms with E-state index in [1.165, 1.54) is 11.8 Å². The summed E-state index contributed by atoms with van der Waals surface area (Å²) in [4.78, 5) is 4.49. The summed E-state index contributed by atoms with van der Waals surface area (Å²) in [5.41, 5.74) is 0.599. The van der Waals surface area contributed by atoms with Crippen molar-refractivity contribution in [2.24, 2.45) is 0 Å². The predicted octanol–water partition coefficient (Wildman–Crippen LogP) is -0.858. The van der Waals surface area contributed by atoms with Gasteiger partial charge in [0.1, 0.15) is 23.9 Å². The molecule has 5 nitrogen and oxygen atoms in total. The molecule has 2 aromatic rings. The minimum absolute atomic E-state index is 0. The third-order valence-electron chi connectivity index (χ3n) is 4.02. The van der Waals surface area contributed by atoms with Crippen LogP contribution in [0.1, 0.15) is 24.5 Å². The Morgan fingerprint density at radius 2 is 2.12 bits per heavy atom. The van der Waals surface area contributed by atoms with Crippen LogP contribution in [0.3, 0.4) is 0 Å². The minimum Gasteiger partial charge on any atom is -1.00 e. The van der Waals surface area contributed by atoms with E-state index >= 15 is 0 Å². The van der Waals surface area contributed by atoms with Gasteiger partial charge in [-0.25, -0.2) is 0 Å². The van der Waals surface area contributed by atoms with E-state index in [4.69, 9.17) is 9.47 Å². The van der Waals surface area contributed by atoms with Gasteiger partial charge in [-0.2, -0.15) is 4.57 Å². The van der Waals surface area contributed by atoms with Gasteiger partial charge in [0.25, 0.3) is 5.72 Å². The molecule has 1 N–H and O–H groups in total. The lowest BCUT2D eigenvalue weighted by Gasteiger charge is -2.23. The molecule has 24 heavy (non-hydrogen) atoms. The summed E-state index contributed by atoms with van der Waals surface area (Å²) < 4.78 is 12.6. The lowest BCUT2D eigenvalue weighted by molar-refractivity contribution is -0.817. The summed E-state index contributed by atoms with van der Waals surface area (Å²) in [6.07, 6.45) is 5.85. The number of aryl methyl sites for hydroxylation is 1. The van der Waals surface area contributed by atoms with Crippen LogP contribution >= 0.6 is 11.8 Å². The summed E-state index contributed by atoms with van der Waals surface area (Å²) in [6.45, 7) is 2.13. The summed E-state index contributed by atoms with van der Waals surface area (Å²) in [6, 6.07) is 5.47. The molecule has 0 radical (unpaired) electrons.